The van der Waals surface area contributed by atoms with Crippen molar-refractivity contribution >= 4 is 12.0 Å². The van der Waals surface area contributed by atoms with Crippen LogP contribution < -0.4 is 5.32 Å². The van der Waals surface area contributed by atoms with Gasteiger partial charge >= 0.3 is 0 Å². The Bertz CT molecular complexity index is 874. The van der Waals surface area contributed by atoms with E-state index in [9.17, 15) is 8.78 Å². The lowest BCUT2D eigenvalue weighted by Crippen LogP contribution is -2.30. The maximum atomic E-state index is 13.8. The van der Waals surface area contributed by atoms with Crippen LogP contribution in [0.25, 0.3) is 0 Å². The topological polar surface area (TPSA) is 55.2 Å². The minimum Gasteiger partial charge on any atom is -0.462 e. The summed E-state index contributed by atoms with van der Waals surface area (Å²) in [6.45, 7) is 4.07. The molecule has 4 rings (SSSR count). The first-order valence-corrected chi connectivity index (χ1v) is 8.71. The molecule has 142 valence electrons. The van der Waals surface area contributed by atoms with Crippen molar-refractivity contribution in [3.05, 3.63) is 70.3 Å². The highest BCUT2D eigenvalue weighted by Crippen LogP contribution is 2.28. The number of halogens is 2. The normalized spacial score (nSPS) is 21.3. The number of benzene rings is 2. The van der Waals surface area contributed by atoms with Crippen LogP contribution in [-0.4, -0.2) is 25.3 Å². The molecular formula is C20H21F2N3O2. The Morgan fingerprint density at radius 3 is 1.74 bits per heavy atom. The van der Waals surface area contributed by atoms with Crippen LogP contribution in [0.5, 0.6) is 0 Å². The predicted molar refractivity (Wildman–Crippen MR) is 99.8 cm³/mol. The highest BCUT2D eigenvalue weighted by atomic mass is 19.1. The second kappa shape index (κ2) is 6.98. The first-order valence-electron chi connectivity index (χ1n) is 8.71. The Morgan fingerprint density at radius 1 is 0.852 bits per heavy atom. The number of hydrogen-bond donors (Lipinski definition) is 1. The Morgan fingerprint density at radius 2 is 1.30 bits per heavy atom. The third-order valence-corrected chi connectivity index (χ3v) is 4.85. The molecule has 0 bridgehead atoms. The van der Waals surface area contributed by atoms with E-state index in [0.29, 0.717) is 24.3 Å². The molecule has 2 aliphatic rings. The summed E-state index contributed by atoms with van der Waals surface area (Å²) in [4.78, 5) is 8.90. The molecule has 0 saturated heterocycles. The third kappa shape index (κ3) is 3.37. The van der Waals surface area contributed by atoms with Gasteiger partial charge in [-0.25, -0.2) is 18.8 Å². The van der Waals surface area contributed by atoms with Crippen LogP contribution in [0.2, 0.25) is 0 Å². The van der Waals surface area contributed by atoms with Gasteiger partial charge in [0.15, 0.2) is 0 Å². The van der Waals surface area contributed by atoms with E-state index in [-0.39, 0.29) is 37.2 Å². The summed E-state index contributed by atoms with van der Waals surface area (Å²) in [5.74, 6) is -0.526. The van der Waals surface area contributed by atoms with Gasteiger partial charge in [-0.2, -0.15) is 0 Å². The molecule has 27 heavy (non-hydrogen) atoms. The van der Waals surface area contributed by atoms with Gasteiger partial charge in [0.2, 0.25) is 0 Å². The van der Waals surface area contributed by atoms with Crippen LogP contribution in [0.4, 0.5) is 8.78 Å². The van der Waals surface area contributed by atoms with Crippen molar-refractivity contribution in [2.45, 2.75) is 25.9 Å². The van der Waals surface area contributed by atoms with Crippen molar-refractivity contribution in [2.24, 2.45) is 9.98 Å². The van der Waals surface area contributed by atoms with Crippen LogP contribution >= 0.6 is 0 Å². The van der Waals surface area contributed by atoms with Crippen molar-refractivity contribution < 1.29 is 19.7 Å². The fraction of sp³-hybridized carbons (Fsp3) is 0.300. The van der Waals surface area contributed by atoms with Crippen molar-refractivity contribution in [1.82, 2.24) is 5.32 Å². The van der Waals surface area contributed by atoms with E-state index in [0.717, 1.165) is 11.1 Å². The van der Waals surface area contributed by atoms with Crippen molar-refractivity contribution in [3.63, 3.8) is 0 Å². The fourth-order valence-corrected chi connectivity index (χ4v) is 3.27. The smallest absolute Gasteiger partial charge is 0.293 e. The summed E-state index contributed by atoms with van der Waals surface area (Å²) in [5.41, 5.74) is 2.70. The maximum Gasteiger partial charge on any atom is 0.293 e. The molecule has 2 heterocycles. The average Bonchev–Trinajstić information content (AvgIpc) is 3.30. The van der Waals surface area contributed by atoms with Crippen LogP contribution in [0, 0.1) is 25.5 Å². The van der Waals surface area contributed by atoms with Crippen molar-refractivity contribution in [3.8, 4) is 0 Å². The van der Waals surface area contributed by atoms with Crippen LogP contribution in [0.1, 0.15) is 35.8 Å². The largest absolute Gasteiger partial charge is 0.462 e. The van der Waals surface area contributed by atoms with E-state index in [1.165, 1.54) is 12.1 Å². The molecule has 7 heteroatoms. The number of nitrogens with one attached hydrogen (secondary N) is 1. The van der Waals surface area contributed by atoms with E-state index >= 15 is 0 Å². The lowest BCUT2D eigenvalue weighted by Gasteiger charge is -2.09. The van der Waals surface area contributed by atoms with Gasteiger partial charge in [-0.15, -0.1) is 0 Å². The van der Waals surface area contributed by atoms with Gasteiger partial charge in [-0.05, 0) is 48.2 Å². The second-order valence-corrected chi connectivity index (χ2v) is 6.56. The molecule has 5 nitrogen and oxygen atoms in total. The van der Waals surface area contributed by atoms with Gasteiger partial charge in [0.1, 0.15) is 36.9 Å². The zero-order chi connectivity index (χ0) is 19.0. The molecule has 2 unspecified atom stereocenters. The summed E-state index contributed by atoms with van der Waals surface area (Å²) in [6.07, 6.45) is 0. The molecule has 0 aliphatic carbocycles. The molecule has 0 amide bonds. The molecule has 0 radical (unpaired) electrons. The van der Waals surface area contributed by atoms with E-state index < -0.39 is 0 Å². The number of rotatable bonds is 2. The monoisotopic (exact) mass is 373 g/mol. The summed E-state index contributed by atoms with van der Waals surface area (Å²) in [6, 6.07) is 9.83. The molecule has 2 aromatic rings. The highest BCUT2D eigenvalue weighted by molar-refractivity contribution is 5.94. The molecule has 2 aliphatic heterocycles. The zero-order valence-corrected chi connectivity index (χ0v) is 15.0. The first kappa shape index (κ1) is 17.5. The first-order chi connectivity index (χ1) is 13.0. The lowest BCUT2D eigenvalue weighted by atomic mass is 10.0. The lowest BCUT2D eigenvalue weighted by molar-refractivity contribution is 0.292. The summed E-state index contributed by atoms with van der Waals surface area (Å²) >= 11 is 0. The van der Waals surface area contributed by atoms with E-state index in [4.69, 9.17) is 9.47 Å². The quantitative estimate of drug-likeness (QED) is 0.867. The maximum absolute atomic E-state index is 13.8. The van der Waals surface area contributed by atoms with Gasteiger partial charge in [0.05, 0.1) is 0 Å². The average molecular weight is 373 g/mol. The standard InChI is InChI=1S/C20H19F2N3O2.H2/c1-11-13(5-3-7-15(11)21)17-9-26-19(23-17)25-20-24-18(10-27-20)14-6-4-8-16(22)12(14)2;/h3-8,17-18H,9-10H2,1-2H3,(H,23,24,25);1H. The van der Waals surface area contributed by atoms with Gasteiger partial charge in [0, 0.05) is 1.43 Å². The second-order valence-electron chi connectivity index (χ2n) is 6.56. The molecular weight excluding hydrogens is 352 g/mol. The number of amidine groups is 2. The van der Waals surface area contributed by atoms with Gasteiger partial charge < -0.3 is 9.47 Å². The molecule has 0 aromatic heterocycles. The Hall–Kier alpha value is -2.96. The molecule has 1 N–H and O–H groups in total. The molecule has 2 aromatic carbocycles. The van der Waals surface area contributed by atoms with Crippen LogP contribution in [-0.2, 0) is 9.47 Å². The summed E-state index contributed by atoms with van der Waals surface area (Å²) in [7, 11) is 0. The molecule has 0 spiro atoms. The van der Waals surface area contributed by atoms with Gasteiger partial charge in [-0.1, -0.05) is 24.3 Å². The SMILES string of the molecule is Cc1c(F)cccc1C1COC(NC2=NC(c3cccc(F)c3C)CO2)=N1.[HH]. The molecule has 2 atom stereocenters. The van der Waals surface area contributed by atoms with E-state index in [1.807, 2.05) is 12.1 Å². The van der Waals surface area contributed by atoms with Gasteiger partial charge in [-0.3, -0.25) is 5.32 Å². The molecule has 0 fully saturated rings. The summed E-state index contributed by atoms with van der Waals surface area (Å²) < 4.78 is 38.6. The zero-order valence-electron chi connectivity index (χ0n) is 15.0. The predicted octanol–water partition coefficient (Wildman–Crippen LogP) is 3.97. The Labute approximate surface area is 157 Å². The summed E-state index contributed by atoms with van der Waals surface area (Å²) in [5, 5.41) is 2.91. The van der Waals surface area contributed by atoms with Gasteiger partial charge in [0.25, 0.3) is 12.0 Å². The fourth-order valence-electron chi connectivity index (χ4n) is 3.27. The van der Waals surface area contributed by atoms with E-state index in [2.05, 4.69) is 15.3 Å². The van der Waals surface area contributed by atoms with Crippen molar-refractivity contribution in [1.29, 1.82) is 0 Å². The number of nitrogens with zero attached hydrogens (tertiary/aromatic N) is 2. The van der Waals surface area contributed by atoms with Crippen LogP contribution in [0.15, 0.2) is 46.4 Å². The van der Waals surface area contributed by atoms with Crippen molar-refractivity contribution in [2.75, 3.05) is 13.2 Å². The minimum absolute atomic E-state index is 0. The molecule has 0 saturated carbocycles. The third-order valence-electron chi connectivity index (χ3n) is 4.85. The number of ether oxygens (including phenoxy) is 2. The Kier molecular flexibility index (Phi) is 4.51. The Balaban J connectivity index is 0.00000225. The number of aliphatic imine (C=N–C) groups is 2. The van der Waals surface area contributed by atoms with Crippen LogP contribution in [0.3, 0.4) is 0 Å². The van der Waals surface area contributed by atoms with E-state index in [1.54, 1.807) is 26.0 Å². The minimum atomic E-state index is -0.286. The highest BCUT2D eigenvalue weighted by Gasteiger charge is 2.27. The number of hydrogen-bond acceptors (Lipinski definition) is 5.